The molecule has 0 aliphatic heterocycles. The highest BCUT2D eigenvalue weighted by atomic mass is 16.3. The van der Waals surface area contributed by atoms with Gasteiger partial charge in [0.05, 0.1) is 44.0 Å². The van der Waals surface area contributed by atoms with Crippen molar-refractivity contribution in [1.29, 1.82) is 0 Å². The molecule has 0 aliphatic carbocycles. The maximum atomic E-state index is 6.97. The summed E-state index contributed by atoms with van der Waals surface area (Å²) in [6.45, 7) is 0. The zero-order valence-corrected chi connectivity index (χ0v) is 29.5. The molecule has 55 heavy (non-hydrogen) atoms. The molecule has 5 nitrogen and oxygen atoms in total. The van der Waals surface area contributed by atoms with Crippen molar-refractivity contribution >= 4 is 76.5 Å². The molecule has 0 saturated heterocycles. The van der Waals surface area contributed by atoms with Crippen molar-refractivity contribution in [1.82, 2.24) is 19.1 Å². The van der Waals surface area contributed by atoms with Crippen molar-refractivity contribution in [3.8, 4) is 34.0 Å². The first-order valence-electron chi connectivity index (χ1n) is 18.6. The van der Waals surface area contributed by atoms with E-state index in [1.54, 1.807) is 0 Å². The van der Waals surface area contributed by atoms with Crippen LogP contribution in [0.25, 0.3) is 110 Å². The zero-order valence-electron chi connectivity index (χ0n) is 29.5. The molecule has 0 atom stereocenters. The average molecular weight is 703 g/mol. The second-order valence-corrected chi connectivity index (χ2v) is 14.1. The van der Waals surface area contributed by atoms with Crippen LogP contribution in [0, 0.1) is 0 Å². The number of hydrogen-bond donors (Lipinski definition) is 0. The van der Waals surface area contributed by atoms with E-state index >= 15 is 0 Å². The minimum atomic E-state index is 0.708. The molecule has 4 aromatic heterocycles. The van der Waals surface area contributed by atoms with Gasteiger partial charge >= 0.3 is 0 Å². The molecule has 12 rings (SSSR count). The molecule has 256 valence electrons. The Morgan fingerprint density at radius 2 is 0.945 bits per heavy atom. The Morgan fingerprint density at radius 3 is 1.65 bits per heavy atom. The van der Waals surface area contributed by atoms with Gasteiger partial charge in [-0.05, 0) is 48.5 Å². The number of benzene rings is 8. The Hall–Kier alpha value is -7.50. The van der Waals surface area contributed by atoms with Gasteiger partial charge in [-0.1, -0.05) is 133 Å². The van der Waals surface area contributed by atoms with E-state index in [2.05, 4.69) is 167 Å². The number of nitrogens with zero attached hydrogens (tertiary/aromatic N) is 4. The summed E-state index contributed by atoms with van der Waals surface area (Å²) in [6, 6.07) is 63.9. The fraction of sp³-hybridized carbons (Fsp3) is 0. The van der Waals surface area contributed by atoms with E-state index in [9.17, 15) is 0 Å². The average Bonchev–Trinajstić information content (AvgIpc) is 3.92. The Kier molecular flexibility index (Phi) is 6.27. The highest BCUT2D eigenvalue weighted by Crippen LogP contribution is 2.49. The molecule has 5 heteroatoms. The molecule has 0 unspecified atom stereocenters. The van der Waals surface area contributed by atoms with Crippen molar-refractivity contribution in [2.75, 3.05) is 0 Å². The fourth-order valence-electron chi connectivity index (χ4n) is 8.78. The van der Waals surface area contributed by atoms with Gasteiger partial charge in [0.2, 0.25) is 0 Å². The standard InChI is InChI=1S/C50H30N4O/c1-4-16-31(17-5-1)46-38-30-34(28-29-39(38)51-50(52-46)32-18-6-2-7-19-32)54-40-25-13-10-22-35(40)43-47-44(49-45(48(43)54)37-24-12-15-27-42(37)55-49)36-23-11-14-26-41(36)53(47)33-20-8-3-9-21-33/h1-30H. The predicted molar refractivity (Wildman–Crippen MR) is 226 cm³/mol. The van der Waals surface area contributed by atoms with E-state index in [1.807, 2.05) is 24.3 Å². The molecule has 12 aromatic rings. The molecule has 0 bridgehead atoms. The maximum Gasteiger partial charge on any atom is 0.160 e. The lowest BCUT2D eigenvalue weighted by atomic mass is 10.0. The number of para-hydroxylation sites is 4. The highest BCUT2D eigenvalue weighted by Gasteiger charge is 2.28. The van der Waals surface area contributed by atoms with Crippen LogP contribution in [-0.2, 0) is 0 Å². The smallest absolute Gasteiger partial charge is 0.160 e. The normalized spacial score (nSPS) is 12.0. The Balaban J connectivity index is 1.28. The van der Waals surface area contributed by atoms with Gasteiger partial charge < -0.3 is 13.6 Å². The minimum absolute atomic E-state index is 0.708. The number of aromatic nitrogens is 4. The van der Waals surface area contributed by atoms with Crippen LogP contribution >= 0.6 is 0 Å². The molecular weight excluding hydrogens is 673 g/mol. The van der Waals surface area contributed by atoms with Crippen molar-refractivity contribution < 1.29 is 4.42 Å². The lowest BCUT2D eigenvalue weighted by Crippen LogP contribution is -1.99. The van der Waals surface area contributed by atoms with Crippen LogP contribution in [0.2, 0.25) is 0 Å². The third-order valence-corrected chi connectivity index (χ3v) is 11.1. The largest absolute Gasteiger partial charge is 0.455 e. The van der Waals surface area contributed by atoms with Gasteiger partial charge in [-0.2, -0.15) is 0 Å². The number of hydrogen-bond acceptors (Lipinski definition) is 3. The third kappa shape index (κ3) is 4.29. The molecule has 0 radical (unpaired) electrons. The molecule has 0 amide bonds. The van der Waals surface area contributed by atoms with Crippen LogP contribution in [0.3, 0.4) is 0 Å². The van der Waals surface area contributed by atoms with Gasteiger partial charge in [-0.25, -0.2) is 9.97 Å². The van der Waals surface area contributed by atoms with Crippen LogP contribution in [0.4, 0.5) is 0 Å². The second kappa shape index (κ2) is 11.5. The number of rotatable bonds is 4. The summed E-state index contributed by atoms with van der Waals surface area (Å²) in [5.41, 5.74) is 12.2. The molecular formula is C50H30N4O. The summed E-state index contributed by atoms with van der Waals surface area (Å²) in [5, 5.41) is 7.82. The Morgan fingerprint density at radius 1 is 0.400 bits per heavy atom. The van der Waals surface area contributed by atoms with E-state index in [0.29, 0.717) is 5.82 Å². The predicted octanol–water partition coefficient (Wildman–Crippen LogP) is 13.1. The molecule has 0 saturated carbocycles. The van der Waals surface area contributed by atoms with E-state index < -0.39 is 0 Å². The van der Waals surface area contributed by atoms with Crippen LogP contribution in [0.15, 0.2) is 186 Å². The van der Waals surface area contributed by atoms with Crippen molar-refractivity contribution in [2.45, 2.75) is 0 Å². The molecule has 4 heterocycles. The second-order valence-electron chi connectivity index (χ2n) is 14.1. The topological polar surface area (TPSA) is 48.8 Å². The Bertz CT molecular complexity index is 3470. The molecule has 0 spiro atoms. The van der Waals surface area contributed by atoms with Gasteiger partial charge in [0.15, 0.2) is 5.82 Å². The molecule has 0 aliphatic rings. The van der Waals surface area contributed by atoms with Crippen LogP contribution in [0.1, 0.15) is 0 Å². The van der Waals surface area contributed by atoms with Crippen molar-refractivity contribution in [2.24, 2.45) is 0 Å². The lowest BCUT2D eigenvalue weighted by molar-refractivity contribution is 0.673. The van der Waals surface area contributed by atoms with E-state index in [4.69, 9.17) is 14.4 Å². The quantitative estimate of drug-likeness (QED) is 0.183. The van der Waals surface area contributed by atoms with E-state index in [0.717, 1.165) is 93.9 Å². The lowest BCUT2D eigenvalue weighted by Gasteiger charge is -2.14. The van der Waals surface area contributed by atoms with Crippen LogP contribution in [-0.4, -0.2) is 19.1 Å². The van der Waals surface area contributed by atoms with E-state index in [-0.39, 0.29) is 0 Å². The van der Waals surface area contributed by atoms with Gasteiger partial charge in [0, 0.05) is 49.4 Å². The first kappa shape index (κ1) is 30.0. The summed E-state index contributed by atoms with van der Waals surface area (Å²) in [5.74, 6) is 0.708. The molecule has 8 aromatic carbocycles. The van der Waals surface area contributed by atoms with Gasteiger partial charge in [-0.15, -0.1) is 0 Å². The van der Waals surface area contributed by atoms with E-state index in [1.165, 1.54) is 10.8 Å². The highest BCUT2D eigenvalue weighted by molar-refractivity contribution is 6.39. The van der Waals surface area contributed by atoms with Crippen molar-refractivity contribution in [3.63, 3.8) is 0 Å². The number of fused-ring (bicyclic) bond motifs is 13. The number of furan rings is 1. The zero-order chi connectivity index (χ0) is 36.0. The van der Waals surface area contributed by atoms with Crippen molar-refractivity contribution in [3.05, 3.63) is 182 Å². The minimum Gasteiger partial charge on any atom is -0.455 e. The maximum absolute atomic E-state index is 6.97. The Labute approximate surface area is 315 Å². The van der Waals surface area contributed by atoms with Gasteiger partial charge in [0.25, 0.3) is 0 Å². The van der Waals surface area contributed by atoms with Crippen LogP contribution in [0.5, 0.6) is 0 Å². The summed E-state index contributed by atoms with van der Waals surface area (Å²) in [6.07, 6.45) is 0. The summed E-state index contributed by atoms with van der Waals surface area (Å²) < 4.78 is 11.8. The summed E-state index contributed by atoms with van der Waals surface area (Å²) >= 11 is 0. The fourth-order valence-corrected chi connectivity index (χ4v) is 8.78. The first-order valence-corrected chi connectivity index (χ1v) is 18.6. The van der Waals surface area contributed by atoms with Gasteiger partial charge in [-0.3, -0.25) is 0 Å². The summed E-state index contributed by atoms with van der Waals surface area (Å²) in [4.78, 5) is 10.4. The molecule has 0 N–H and O–H groups in total. The third-order valence-electron chi connectivity index (χ3n) is 11.1. The first-order chi connectivity index (χ1) is 27.3. The molecule has 0 fully saturated rings. The van der Waals surface area contributed by atoms with Crippen LogP contribution < -0.4 is 0 Å². The summed E-state index contributed by atoms with van der Waals surface area (Å²) in [7, 11) is 0. The SMILES string of the molecule is c1ccc(-c2nc(-c3ccccc3)c3cc(-n4c5ccccc5c5c6c(c7ccccc7n6-c6ccccc6)c6oc7ccccc7c6c54)ccc3n2)cc1. The van der Waals surface area contributed by atoms with Gasteiger partial charge in [0.1, 0.15) is 11.2 Å². The monoisotopic (exact) mass is 702 g/mol.